The Balaban J connectivity index is 1.74. The van der Waals surface area contributed by atoms with Gasteiger partial charge < -0.3 is 15.4 Å². The Hall–Kier alpha value is -0.810. The first kappa shape index (κ1) is 17.5. The molecule has 1 aliphatic heterocycles. The molecule has 2 N–H and O–H groups in total. The highest BCUT2D eigenvalue weighted by molar-refractivity contribution is 5.68. The van der Waals surface area contributed by atoms with Crippen molar-refractivity contribution in [3.63, 3.8) is 0 Å². The maximum absolute atomic E-state index is 11.9. The summed E-state index contributed by atoms with van der Waals surface area (Å²) in [5.74, 6) is 0. The maximum Gasteiger partial charge on any atom is 0.408 e. The Bertz CT molecular complexity index is 399. The number of carbonyl (C=O) groups excluding carboxylic acids is 1. The number of hydrogen-bond donors (Lipinski definition) is 2. The van der Waals surface area contributed by atoms with Crippen molar-refractivity contribution in [2.45, 2.75) is 90.1 Å². The Kier molecular flexibility index (Phi) is 5.07. The second kappa shape index (κ2) is 6.36. The molecular formula is C17H33N3O2. The summed E-state index contributed by atoms with van der Waals surface area (Å²) >= 11 is 0. The molecule has 22 heavy (non-hydrogen) atoms. The van der Waals surface area contributed by atoms with Crippen LogP contribution in [0.15, 0.2) is 0 Å². The molecule has 2 fully saturated rings. The molecule has 5 heteroatoms. The van der Waals surface area contributed by atoms with Crippen LogP contribution in [-0.2, 0) is 4.74 Å². The molecule has 2 unspecified atom stereocenters. The van der Waals surface area contributed by atoms with Crippen LogP contribution in [0, 0.1) is 0 Å². The fourth-order valence-corrected chi connectivity index (χ4v) is 3.14. The van der Waals surface area contributed by atoms with Gasteiger partial charge in [-0.2, -0.15) is 0 Å². The monoisotopic (exact) mass is 311 g/mol. The summed E-state index contributed by atoms with van der Waals surface area (Å²) < 4.78 is 5.33. The highest BCUT2D eigenvalue weighted by atomic mass is 16.6. The van der Waals surface area contributed by atoms with Gasteiger partial charge >= 0.3 is 6.09 Å². The maximum atomic E-state index is 11.9. The fourth-order valence-electron chi connectivity index (χ4n) is 3.14. The molecule has 2 aliphatic rings. The quantitative estimate of drug-likeness (QED) is 0.819. The Morgan fingerprint density at radius 3 is 2.41 bits per heavy atom. The van der Waals surface area contributed by atoms with Crippen molar-refractivity contribution in [2.75, 3.05) is 13.1 Å². The van der Waals surface area contributed by atoms with Crippen LogP contribution in [0.3, 0.4) is 0 Å². The molecule has 2 rings (SSSR count). The van der Waals surface area contributed by atoms with Gasteiger partial charge in [0.25, 0.3) is 0 Å². The van der Waals surface area contributed by atoms with Crippen molar-refractivity contribution < 1.29 is 9.53 Å². The summed E-state index contributed by atoms with van der Waals surface area (Å²) in [6, 6.07) is 2.02. The van der Waals surface area contributed by atoms with Crippen LogP contribution in [0.5, 0.6) is 0 Å². The number of likely N-dealkylation sites (tertiary alicyclic amines) is 1. The smallest absolute Gasteiger partial charge is 0.408 e. The van der Waals surface area contributed by atoms with Crippen LogP contribution in [0.2, 0.25) is 0 Å². The van der Waals surface area contributed by atoms with E-state index in [2.05, 4.69) is 22.5 Å². The van der Waals surface area contributed by atoms with Crippen molar-refractivity contribution >= 4 is 6.09 Å². The number of carbonyl (C=O) groups is 1. The van der Waals surface area contributed by atoms with Gasteiger partial charge in [0.05, 0.1) is 5.54 Å². The van der Waals surface area contributed by atoms with Crippen LogP contribution < -0.4 is 10.6 Å². The predicted octanol–water partition coefficient (Wildman–Crippen LogP) is 2.50. The van der Waals surface area contributed by atoms with Gasteiger partial charge in [0.2, 0.25) is 0 Å². The van der Waals surface area contributed by atoms with Crippen LogP contribution in [0.25, 0.3) is 0 Å². The third kappa shape index (κ3) is 5.43. The van der Waals surface area contributed by atoms with E-state index in [-0.39, 0.29) is 11.6 Å². The van der Waals surface area contributed by atoms with Crippen LogP contribution in [0.4, 0.5) is 4.79 Å². The van der Waals surface area contributed by atoms with Crippen LogP contribution >= 0.6 is 0 Å². The Morgan fingerprint density at radius 2 is 1.86 bits per heavy atom. The van der Waals surface area contributed by atoms with Crippen LogP contribution in [0.1, 0.15) is 60.8 Å². The van der Waals surface area contributed by atoms with E-state index < -0.39 is 5.60 Å². The largest absolute Gasteiger partial charge is 0.444 e. The minimum Gasteiger partial charge on any atom is -0.444 e. The van der Waals surface area contributed by atoms with Gasteiger partial charge in [-0.15, -0.1) is 0 Å². The zero-order valence-corrected chi connectivity index (χ0v) is 15.0. The summed E-state index contributed by atoms with van der Waals surface area (Å²) in [6.45, 7) is 13.9. The molecule has 0 aromatic rings. The third-order valence-corrected chi connectivity index (χ3v) is 4.31. The highest BCUT2D eigenvalue weighted by Gasteiger charge is 2.39. The predicted molar refractivity (Wildman–Crippen MR) is 89.0 cm³/mol. The van der Waals surface area contributed by atoms with Gasteiger partial charge in [-0.25, -0.2) is 4.79 Å². The van der Waals surface area contributed by atoms with E-state index in [9.17, 15) is 4.79 Å². The minimum absolute atomic E-state index is 0.321. The number of alkyl carbamates (subject to hydrolysis) is 1. The molecular weight excluding hydrogens is 278 g/mol. The number of rotatable bonds is 5. The van der Waals surface area contributed by atoms with E-state index in [0.717, 1.165) is 19.1 Å². The summed E-state index contributed by atoms with van der Waals surface area (Å²) in [6.07, 6.45) is 3.57. The van der Waals surface area contributed by atoms with Gasteiger partial charge in [-0.05, 0) is 60.8 Å². The highest BCUT2D eigenvalue weighted by Crippen LogP contribution is 2.33. The molecule has 2 atom stereocenters. The van der Waals surface area contributed by atoms with Gasteiger partial charge in [-0.3, -0.25) is 4.90 Å². The normalized spacial score (nSPS) is 27.0. The first-order valence-electron chi connectivity index (χ1n) is 8.56. The minimum atomic E-state index is -0.459. The summed E-state index contributed by atoms with van der Waals surface area (Å²) in [4.78, 5) is 14.5. The Morgan fingerprint density at radius 1 is 1.23 bits per heavy atom. The lowest BCUT2D eigenvalue weighted by Crippen LogP contribution is -2.53. The van der Waals surface area contributed by atoms with Crippen molar-refractivity contribution in [1.82, 2.24) is 15.5 Å². The number of nitrogens with one attached hydrogen (secondary N) is 2. The van der Waals surface area contributed by atoms with Crippen molar-refractivity contribution in [2.24, 2.45) is 0 Å². The molecule has 5 nitrogen and oxygen atoms in total. The lowest BCUT2D eigenvalue weighted by molar-refractivity contribution is 0.0470. The molecule has 0 radical (unpaired) electrons. The lowest BCUT2D eigenvalue weighted by atomic mass is 10.1. The topological polar surface area (TPSA) is 53.6 Å². The second-order valence-electron chi connectivity index (χ2n) is 8.60. The van der Waals surface area contributed by atoms with Gasteiger partial charge in [0, 0.05) is 31.2 Å². The van der Waals surface area contributed by atoms with Crippen molar-refractivity contribution in [3.8, 4) is 0 Å². The van der Waals surface area contributed by atoms with Crippen LogP contribution in [-0.4, -0.2) is 53.3 Å². The molecule has 1 aliphatic carbocycles. The third-order valence-electron chi connectivity index (χ3n) is 4.31. The number of hydrogen-bond acceptors (Lipinski definition) is 4. The first-order valence-corrected chi connectivity index (χ1v) is 8.56. The van der Waals surface area contributed by atoms with E-state index in [1.165, 1.54) is 19.3 Å². The summed E-state index contributed by atoms with van der Waals surface area (Å²) in [5, 5.41) is 6.58. The average molecular weight is 311 g/mol. The Labute approximate surface area is 135 Å². The van der Waals surface area contributed by atoms with Gasteiger partial charge in [0.1, 0.15) is 5.60 Å². The van der Waals surface area contributed by atoms with E-state index in [4.69, 9.17) is 4.74 Å². The lowest BCUT2D eigenvalue weighted by Gasteiger charge is -2.30. The van der Waals surface area contributed by atoms with Crippen molar-refractivity contribution in [1.29, 1.82) is 0 Å². The summed E-state index contributed by atoms with van der Waals surface area (Å²) in [5.41, 5.74) is -0.780. The molecule has 1 amide bonds. The van der Waals surface area contributed by atoms with E-state index >= 15 is 0 Å². The molecule has 0 spiro atoms. The van der Waals surface area contributed by atoms with Gasteiger partial charge in [-0.1, -0.05) is 0 Å². The molecule has 1 heterocycles. The number of amides is 1. The zero-order chi connectivity index (χ0) is 16.5. The first-order chi connectivity index (χ1) is 10.1. The van der Waals surface area contributed by atoms with Crippen molar-refractivity contribution in [3.05, 3.63) is 0 Å². The number of ether oxygens (including phenoxy) is 1. The molecule has 1 saturated carbocycles. The van der Waals surface area contributed by atoms with E-state index in [1.54, 1.807) is 0 Å². The molecule has 0 aromatic carbocycles. The SMILES string of the molecule is CC1CC(NCC(C)(C)NC(=O)OC(C)(C)C)CN1C1CC1. The molecule has 0 bridgehead atoms. The average Bonchev–Trinajstić information content (AvgIpc) is 3.08. The zero-order valence-electron chi connectivity index (χ0n) is 15.0. The molecule has 0 aromatic heterocycles. The number of nitrogens with zero attached hydrogens (tertiary/aromatic N) is 1. The van der Waals surface area contributed by atoms with E-state index in [1.807, 2.05) is 34.6 Å². The fraction of sp³-hybridized carbons (Fsp3) is 0.941. The van der Waals surface area contributed by atoms with E-state index in [0.29, 0.717) is 12.1 Å². The second-order valence-corrected chi connectivity index (χ2v) is 8.60. The molecule has 128 valence electrons. The summed E-state index contributed by atoms with van der Waals surface area (Å²) in [7, 11) is 0. The van der Waals surface area contributed by atoms with Gasteiger partial charge in [0.15, 0.2) is 0 Å². The standard InChI is InChI=1S/C17H33N3O2/c1-12-9-13(10-20(12)14-7-8-14)18-11-17(5,6)19-15(21)22-16(2,3)4/h12-14,18H,7-11H2,1-6H3,(H,19,21). The molecule has 1 saturated heterocycles.